The second-order valence-electron chi connectivity index (χ2n) is 8.43. The van der Waals surface area contributed by atoms with Gasteiger partial charge in [-0.25, -0.2) is 0 Å². The first-order chi connectivity index (χ1) is 15.4. The maximum atomic E-state index is 12.7. The number of hydrogen-bond donors (Lipinski definition) is 1. The van der Waals surface area contributed by atoms with Crippen molar-refractivity contribution in [2.75, 3.05) is 11.1 Å². The number of amides is 1. The molecule has 3 aromatic rings. The van der Waals surface area contributed by atoms with Crippen molar-refractivity contribution in [3.63, 3.8) is 0 Å². The lowest BCUT2D eigenvalue weighted by Crippen LogP contribution is -2.15. The number of nitriles is 1. The van der Waals surface area contributed by atoms with Crippen molar-refractivity contribution in [2.24, 2.45) is 5.92 Å². The van der Waals surface area contributed by atoms with Crippen molar-refractivity contribution in [1.29, 1.82) is 5.26 Å². The topological polar surface area (TPSA) is 83.6 Å². The number of anilines is 1. The van der Waals surface area contributed by atoms with E-state index in [1.54, 1.807) is 22.7 Å². The quantitative estimate of drug-likeness (QED) is 0.419. The summed E-state index contributed by atoms with van der Waals surface area (Å²) in [4.78, 5) is 15.3. The molecule has 1 aliphatic rings. The Morgan fingerprint density at radius 2 is 2.25 bits per heavy atom. The molecule has 0 saturated heterocycles. The molecule has 0 saturated carbocycles. The van der Waals surface area contributed by atoms with Crippen molar-refractivity contribution in [1.82, 2.24) is 14.8 Å². The van der Waals surface area contributed by atoms with Gasteiger partial charge in [-0.05, 0) is 57.1 Å². The van der Waals surface area contributed by atoms with Gasteiger partial charge < -0.3 is 5.32 Å². The second-order valence-corrected chi connectivity index (χ2v) is 11.5. The van der Waals surface area contributed by atoms with E-state index in [1.807, 2.05) is 0 Å². The van der Waals surface area contributed by atoms with Crippen LogP contribution in [0.25, 0.3) is 11.4 Å². The minimum atomic E-state index is -0.123. The predicted molar refractivity (Wildman–Crippen MR) is 133 cm³/mol. The number of carbonyl (C=O) groups excluding carboxylic acids is 1. The number of hydrogen-bond acceptors (Lipinski definition) is 7. The molecule has 0 radical (unpaired) electrons. The summed E-state index contributed by atoms with van der Waals surface area (Å²) in [5.74, 6) is 1.56. The highest BCUT2D eigenvalue weighted by Gasteiger charge is 2.25. The summed E-state index contributed by atoms with van der Waals surface area (Å²) in [6.45, 7) is 8.58. The van der Waals surface area contributed by atoms with Gasteiger partial charge >= 0.3 is 0 Å². The van der Waals surface area contributed by atoms with Crippen LogP contribution in [0.3, 0.4) is 0 Å². The third kappa shape index (κ3) is 4.63. The number of nitrogens with zero attached hydrogens (tertiary/aromatic N) is 4. The molecule has 6 nitrogen and oxygen atoms in total. The molecule has 1 atom stereocenters. The Kier molecular flexibility index (Phi) is 7.03. The Morgan fingerprint density at radius 1 is 1.44 bits per heavy atom. The lowest BCUT2D eigenvalue weighted by molar-refractivity contribution is -0.113. The van der Waals surface area contributed by atoms with Crippen LogP contribution in [0.5, 0.6) is 0 Å². The number of carbonyl (C=O) groups is 1. The van der Waals surface area contributed by atoms with Crippen molar-refractivity contribution >= 4 is 45.3 Å². The van der Waals surface area contributed by atoms with Gasteiger partial charge in [0.05, 0.1) is 11.3 Å². The molecule has 9 heteroatoms. The molecule has 1 aliphatic carbocycles. The van der Waals surface area contributed by atoms with Gasteiger partial charge in [-0.3, -0.25) is 9.36 Å². The third-order valence-corrected chi connectivity index (χ3v) is 8.84. The highest BCUT2D eigenvalue weighted by atomic mass is 32.2. The van der Waals surface area contributed by atoms with E-state index in [1.165, 1.54) is 21.5 Å². The van der Waals surface area contributed by atoms with Crippen LogP contribution in [0, 0.1) is 17.2 Å². The fraction of sp³-hybridized carbons (Fsp3) is 0.478. The summed E-state index contributed by atoms with van der Waals surface area (Å²) in [7, 11) is 0. The van der Waals surface area contributed by atoms with E-state index < -0.39 is 0 Å². The zero-order valence-corrected chi connectivity index (χ0v) is 21.2. The van der Waals surface area contributed by atoms with Crippen LogP contribution in [-0.4, -0.2) is 26.4 Å². The van der Waals surface area contributed by atoms with Gasteiger partial charge in [0.15, 0.2) is 11.0 Å². The molecule has 4 rings (SSSR count). The van der Waals surface area contributed by atoms with Gasteiger partial charge in [-0.15, -0.1) is 32.9 Å². The fourth-order valence-corrected chi connectivity index (χ4v) is 7.03. The summed E-state index contributed by atoms with van der Waals surface area (Å²) < 4.78 is 2.09. The van der Waals surface area contributed by atoms with Crippen LogP contribution in [0.15, 0.2) is 16.6 Å². The molecule has 168 valence electrons. The molecule has 1 N–H and O–H groups in total. The van der Waals surface area contributed by atoms with Gasteiger partial charge in [0.25, 0.3) is 0 Å². The maximum Gasteiger partial charge on any atom is 0.235 e. The van der Waals surface area contributed by atoms with E-state index in [9.17, 15) is 10.1 Å². The molecule has 0 spiro atoms. The molecule has 32 heavy (non-hydrogen) atoms. The number of aryl methyl sites for hydroxylation is 1. The Hall–Kier alpha value is -2.15. The number of nitrogens with one attached hydrogen (secondary N) is 1. The van der Waals surface area contributed by atoms with E-state index in [0.717, 1.165) is 47.8 Å². The van der Waals surface area contributed by atoms with Crippen LogP contribution in [0.1, 0.15) is 61.0 Å². The SMILES string of the molecule is CCc1cc(-c2nnc(SCC(=O)Nc3sc4c(c3C#N)CCC(C)C4)n2C(C)C)cs1. The lowest BCUT2D eigenvalue weighted by atomic mass is 9.89. The van der Waals surface area contributed by atoms with E-state index in [4.69, 9.17) is 0 Å². The van der Waals surface area contributed by atoms with Crippen molar-refractivity contribution in [2.45, 2.75) is 64.6 Å². The Labute approximate surface area is 201 Å². The normalized spacial score (nSPS) is 15.6. The Bertz CT molecular complexity index is 1170. The number of thiophene rings is 2. The molecular weight excluding hydrogens is 458 g/mol. The van der Waals surface area contributed by atoms with Gasteiger partial charge in [0.1, 0.15) is 11.1 Å². The third-order valence-electron chi connectivity index (χ3n) is 5.65. The summed E-state index contributed by atoms with van der Waals surface area (Å²) in [6.07, 6.45) is 4.00. The summed E-state index contributed by atoms with van der Waals surface area (Å²) in [5, 5.41) is 25.0. The molecule has 1 amide bonds. The number of rotatable bonds is 7. The van der Waals surface area contributed by atoms with Gasteiger partial charge in [-0.1, -0.05) is 25.6 Å². The molecule has 3 heterocycles. The first kappa shape index (κ1) is 23.0. The van der Waals surface area contributed by atoms with E-state index >= 15 is 0 Å². The number of thioether (sulfide) groups is 1. The molecule has 3 aromatic heterocycles. The summed E-state index contributed by atoms with van der Waals surface area (Å²) in [5.41, 5.74) is 2.85. The molecule has 1 unspecified atom stereocenters. The molecule has 0 aromatic carbocycles. The monoisotopic (exact) mass is 485 g/mol. The first-order valence-electron chi connectivity index (χ1n) is 10.9. The summed E-state index contributed by atoms with van der Waals surface area (Å²) >= 11 is 4.67. The van der Waals surface area contributed by atoms with Crippen molar-refractivity contribution < 1.29 is 4.79 Å². The zero-order chi connectivity index (χ0) is 22.8. The maximum absolute atomic E-state index is 12.7. The smallest absolute Gasteiger partial charge is 0.235 e. The van der Waals surface area contributed by atoms with Gasteiger partial charge in [0.2, 0.25) is 5.91 Å². The highest BCUT2D eigenvalue weighted by molar-refractivity contribution is 7.99. The lowest BCUT2D eigenvalue weighted by Gasteiger charge is -2.17. The van der Waals surface area contributed by atoms with Crippen LogP contribution >= 0.6 is 34.4 Å². The molecule has 0 bridgehead atoms. The molecular formula is C23H27N5OS3. The average Bonchev–Trinajstić information content (AvgIpc) is 3.47. The second kappa shape index (κ2) is 9.77. The standard InChI is InChI=1S/C23H27N5OS3/c1-5-16-9-15(11-30-16)21-26-27-23(28(21)13(2)3)31-12-20(29)25-22-18(10-24)17-7-6-14(4)8-19(17)32-22/h9,11,13-14H,5-8,12H2,1-4H3,(H,25,29). The van der Waals surface area contributed by atoms with Crippen molar-refractivity contribution in [3.05, 3.63) is 32.3 Å². The Morgan fingerprint density at radius 3 is 2.94 bits per heavy atom. The van der Waals surface area contributed by atoms with Crippen LogP contribution in [-0.2, 0) is 24.1 Å². The summed E-state index contributed by atoms with van der Waals surface area (Å²) in [6, 6.07) is 4.65. The van der Waals surface area contributed by atoms with Crippen LogP contribution in [0.4, 0.5) is 5.00 Å². The van der Waals surface area contributed by atoms with Crippen LogP contribution < -0.4 is 5.32 Å². The fourth-order valence-electron chi connectivity index (χ4n) is 3.97. The van der Waals surface area contributed by atoms with Crippen LogP contribution in [0.2, 0.25) is 0 Å². The van der Waals surface area contributed by atoms with Gasteiger partial charge in [-0.2, -0.15) is 5.26 Å². The van der Waals surface area contributed by atoms with Gasteiger partial charge in [0, 0.05) is 26.7 Å². The predicted octanol–water partition coefficient (Wildman–Crippen LogP) is 5.94. The van der Waals surface area contributed by atoms with E-state index in [2.05, 4.69) is 65.3 Å². The minimum absolute atomic E-state index is 0.123. The number of fused-ring (bicyclic) bond motifs is 1. The Balaban J connectivity index is 1.48. The first-order valence-corrected chi connectivity index (χ1v) is 13.6. The van der Waals surface area contributed by atoms with E-state index in [0.29, 0.717) is 16.5 Å². The molecule has 0 aliphatic heterocycles. The highest BCUT2D eigenvalue weighted by Crippen LogP contribution is 2.39. The number of aromatic nitrogens is 3. The largest absolute Gasteiger partial charge is 0.316 e. The van der Waals surface area contributed by atoms with Crippen molar-refractivity contribution in [3.8, 4) is 17.5 Å². The average molecular weight is 486 g/mol. The minimum Gasteiger partial charge on any atom is -0.316 e. The molecule has 0 fully saturated rings. The zero-order valence-electron chi connectivity index (χ0n) is 18.8. The van der Waals surface area contributed by atoms with E-state index in [-0.39, 0.29) is 17.7 Å².